The molecule has 2 fully saturated rings. The molecule has 0 bridgehead atoms. The first-order chi connectivity index (χ1) is 33.1. The van der Waals surface area contributed by atoms with Gasteiger partial charge in [-0.2, -0.15) is 0 Å². The number of aryl methyl sites for hydroxylation is 1. The Kier molecular flexibility index (Phi) is 9.73. The van der Waals surface area contributed by atoms with Crippen LogP contribution in [0.5, 0.6) is 0 Å². The second kappa shape index (κ2) is 16.1. The zero-order valence-corrected chi connectivity index (χ0v) is 39.4. The van der Waals surface area contributed by atoms with E-state index in [2.05, 4.69) is 109 Å². The van der Waals surface area contributed by atoms with Gasteiger partial charge in [0.25, 0.3) is 0 Å². The van der Waals surface area contributed by atoms with Gasteiger partial charge in [0.05, 0.1) is 5.92 Å². The molecule has 3 atom stereocenters. The molecule has 4 heteroatoms. The third kappa shape index (κ3) is 6.36. The number of benzene rings is 2. The van der Waals surface area contributed by atoms with Gasteiger partial charge in [-0.05, 0) is 176 Å². The normalized spacial score (nSPS) is 27.4. The molecule has 1 aromatic heterocycles. The molecule has 3 unspecified atom stereocenters. The highest BCUT2D eigenvalue weighted by molar-refractivity contribution is 6.13. The van der Waals surface area contributed by atoms with Crippen molar-refractivity contribution in [1.29, 1.82) is 0 Å². The number of aliphatic imine (C=N–C) groups is 2. The van der Waals surface area contributed by atoms with Crippen LogP contribution in [0.4, 0.5) is 0 Å². The summed E-state index contributed by atoms with van der Waals surface area (Å²) in [5.74, 6) is 4.79. The maximum atomic E-state index is 7.15. The third-order valence-corrected chi connectivity index (χ3v) is 18.5. The molecule has 1 N–H and O–H groups in total. The highest BCUT2D eigenvalue weighted by atomic mass is 16.3. The molecule has 0 amide bonds. The van der Waals surface area contributed by atoms with Crippen LogP contribution in [0.25, 0.3) is 17.2 Å². The summed E-state index contributed by atoms with van der Waals surface area (Å²) in [6.07, 6.45) is 50.6. The van der Waals surface area contributed by atoms with Crippen LogP contribution < -0.4 is 5.32 Å². The topological polar surface area (TPSA) is 49.9 Å². The van der Waals surface area contributed by atoms with E-state index < -0.39 is 0 Å². The summed E-state index contributed by atoms with van der Waals surface area (Å²) < 4.78 is 7.15. The van der Waals surface area contributed by atoms with Gasteiger partial charge in [-0.1, -0.05) is 129 Å². The fraction of sp³-hybridized carbons (Fsp3) is 0.429. The van der Waals surface area contributed by atoms with E-state index in [9.17, 15) is 0 Å². The highest BCUT2D eigenvalue weighted by Gasteiger charge is 2.52. The number of hydrogen-bond acceptors (Lipinski definition) is 4. The average molecular weight is 880 g/mol. The summed E-state index contributed by atoms with van der Waals surface area (Å²) in [6.45, 7) is 0. The van der Waals surface area contributed by atoms with Crippen molar-refractivity contribution in [3.8, 4) is 0 Å². The van der Waals surface area contributed by atoms with Gasteiger partial charge < -0.3 is 9.73 Å². The molecule has 10 aliphatic carbocycles. The first kappa shape index (κ1) is 40.6. The van der Waals surface area contributed by atoms with Crippen LogP contribution in [0.1, 0.15) is 191 Å². The molecule has 14 rings (SSSR count). The molecular formula is C63H65N3O. The largest absolute Gasteiger partial charge is 0.464 e. The minimum absolute atomic E-state index is 0.0865. The lowest BCUT2D eigenvalue weighted by atomic mass is 9.64. The molecule has 338 valence electrons. The fourth-order valence-corrected chi connectivity index (χ4v) is 15.3. The zero-order chi connectivity index (χ0) is 44.1. The van der Waals surface area contributed by atoms with E-state index in [1.54, 1.807) is 55.7 Å². The average Bonchev–Trinajstić information content (AvgIpc) is 4.00. The van der Waals surface area contributed by atoms with Gasteiger partial charge >= 0.3 is 0 Å². The first-order valence-electron chi connectivity index (χ1n) is 26.8. The van der Waals surface area contributed by atoms with E-state index in [0.29, 0.717) is 5.92 Å². The van der Waals surface area contributed by atoms with Gasteiger partial charge in [0.1, 0.15) is 23.2 Å². The molecule has 1 aliphatic heterocycles. The summed E-state index contributed by atoms with van der Waals surface area (Å²) >= 11 is 0. The quantitative estimate of drug-likeness (QED) is 0.278. The van der Waals surface area contributed by atoms with Crippen molar-refractivity contribution in [2.75, 3.05) is 0 Å². The van der Waals surface area contributed by atoms with Crippen LogP contribution in [0.2, 0.25) is 0 Å². The maximum absolute atomic E-state index is 7.15. The van der Waals surface area contributed by atoms with Crippen molar-refractivity contribution in [2.45, 2.75) is 170 Å². The van der Waals surface area contributed by atoms with Gasteiger partial charge in [0, 0.05) is 39.9 Å². The first-order valence-corrected chi connectivity index (χ1v) is 26.8. The molecule has 0 saturated heterocycles. The van der Waals surface area contributed by atoms with Gasteiger partial charge in [0.2, 0.25) is 0 Å². The van der Waals surface area contributed by atoms with Gasteiger partial charge in [-0.3, -0.25) is 0 Å². The minimum atomic E-state index is -0.215. The summed E-state index contributed by atoms with van der Waals surface area (Å²) in [5.41, 5.74) is 23.5. The number of furan rings is 1. The molecule has 0 radical (unpaired) electrons. The van der Waals surface area contributed by atoms with E-state index in [1.807, 2.05) is 0 Å². The monoisotopic (exact) mass is 880 g/mol. The van der Waals surface area contributed by atoms with Gasteiger partial charge in [-0.25, -0.2) is 9.98 Å². The van der Waals surface area contributed by atoms with Crippen molar-refractivity contribution in [1.82, 2.24) is 5.32 Å². The maximum Gasteiger partial charge on any atom is 0.165 e. The van der Waals surface area contributed by atoms with Crippen molar-refractivity contribution >= 4 is 28.9 Å². The van der Waals surface area contributed by atoms with E-state index >= 15 is 0 Å². The number of nitrogens with one attached hydrogen (secondary N) is 1. The van der Waals surface area contributed by atoms with Crippen molar-refractivity contribution in [2.24, 2.45) is 9.98 Å². The van der Waals surface area contributed by atoms with Crippen LogP contribution in [-0.4, -0.2) is 17.8 Å². The van der Waals surface area contributed by atoms with Crippen molar-refractivity contribution in [3.63, 3.8) is 0 Å². The molecule has 11 aliphatic rings. The van der Waals surface area contributed by atoms with E-state index in [0.717, 1.165) is 75.2 Å². The van der Waals surface area contributed by atoms with Crippen LogP contribution in [0.15, 0.2) is 145 Å². The van der Waals surface area contributed by atoms with Crippen molar-refractivity contribution in [3.05, 3.63) is 181 Å². The molecule has 2 heterocycles. The minimum Gasteiger partial charge on any atom is -0.464 e. The summed E-state index contributed by atoms with van der Waals surface area (Å²) in [4.78, 5) is 10.8. The lowest BCUT2D eigenvalue weighted by molar-refractivity contribution is 0.337. The highest BCUT2D eigenvalue weighted by Crippen LogP contribution is 2.64. The number of allylic oxidation sites excluding steroid dienone is 14. The molecule has 2 spiro atoms. The van der Waals surface area contributed by atoms with Crippen LogP contribution in [0.3, 0.4) is 0 Å². The van der Waals surface area contributed by atoms with Crippen LogP contribution in [-0.2, 0) is 23.7 Å². The Morgan fingerprint density at radius 3 is 2.33 bits per heavy atom. The number of hydrogen-bond donors (Lipinski definition) is 1. The molecule has 2 saturated carbocycles. The molecule has 67 heavy (non-hydrogen) atoms. The van der Waals surface area contributed by atoms with Crippen LogP contribution >= 0.6 is 0 Å². The number of fused-ring (bicyclic) bond motifs is 12. The standard InChI is InChI=1S/C63H65N3O/c1-5-17-40(18-6-1)41-27-29-43(30-28-41)60-64-59(42-19-7-2-8-20-42)65-61(66-60)48-24-15-23-47-50-37-44(31-32-56(50)67-58(47)48)45-22-16-26-53-57(45)51-39-54-49(38-55(51)63(53)35-13-4-14-36-63)46-21-9-10-25-52(46)62(54)33-11-3-12-34-62/h1-2,5-7,17-19,21-22,25,27,29-30,37-39,41,48,59H,3-4,8-16,20,23-24,26,28,31-36H2,(H,64,65,66). The smallest absolute Gasteiger partial charge is 0.165 e. The van der Waals surface area contributed by atoms with Crippen LogP contribution in [0, 0.1) is 0 Å². The summed E-state index contributed by atoms with van der Waals surface area (Å²) in [5, 5.41) is 3.85. The number of nitrogens with zero attached hydrogens (tertiary/aromatic N) is 2. The van der Waals surface area contributed by atoms with E-state index in [1.165, 1.54) is 117 Å². The van der Waals surface area contributed by atoms with E-state index in [4.69, 9.17) is 14.4 Å². The molecule has 4 nitrogen and oxygen atoms in total. The summed E-state index contributed by atoms with van der Waals surface area (Å²) in [7, 11) is 0. The third-order valence-electron chi connectivity index (χ3n) is 18.5. The Morgan fingerprint density at radius 2 is 1.51 bits per heavy atom. The molecule has 2 aromatic carbocycles. The zero-order valence-electron chi connectivity index (χ0n) is 39.4. The lowest BCUT2D eigenvalue weighted by Gasteiger charge is -2.39. The van der Waals surface area contributed by atoms with Gasteiger partial charge in [0.15, 0.2) is 6.17 Å². The summed E-state index contributed by atoms with van der Waals surface area (Å²) in [6, 6.07) is 16.5. The lowest BCUT2D eigenvalue weighted by Crippen LogP contribution is -2.42. The SMILES string of the molecule is C1=CCCC(C2N=C(C3=CCC(c4ccccc4)C=C3)NC(C3CCCc4c3oc3c4C=C(C4=CCCC5=C4c4cc6c(cc4C54CCCCC4)C4=CCCC=C4C64CCCCC4)CC3)=N2)=C1. The second-order valence-electron chi connectivity index (χ2n) is 21.9. The Bertz CT molecular complexity index is 2950. The predicted molar refractivity (Wildman–Crippen MR) is 275 cm³/mol. The number of amidine groups is 2. The fourth-order valence-electron chi connectivity index (χ4n) is 15.3. The Labute approximate surface area is 398 Å². The Balaban J connectivity index is 0.823. The Hall–Kier alpha value is -5.48. The second-order valence-corrected chi connectivity index (χ2v) is 21.9. The predicted octanol–water partition coefficient (Wildman–Crippen LogP) is 15.4. The molecular weight excluding hydrogens is 815 g/mol. The van der Waals surface area contributed by atoms with Gasteiger partial charge in [-0.15, -0.1) is 0 Å². The van der Waals surface area contributed by atoms with E-state index in [-0.39, 0.29) is 22.9 Å². The Morgan fingerprint density at radius 1 is 0.701 bits per heavy atom. The van der Waals surface area contributed by atoms with Crippen molar-refractivity contribution < 1.29 is 4.42 Å². The number of rotatable bonds is 5. The molecule has 3 aromatic rings.